The number of carbonyl (C=O) groups is 3. The average Bonchev–Trinajstić information content (AvgIpc) is 3.11. The molecule has 3 rings (SSSR count). The summed E-state index contributed by atoms with van der Waals surface area (Å²) in [7, 11) is 1.71. The van der Waals surface area contributed by atoms with Crippen LogP contribution in [0, 0.1) is 5.82 Å². The Bertz CT molecular complexity index is 1010. The lowest BCUT2D eigenvalue weighted by atomic mass is 10.1. The van der Waals surface area contributed by atoms with Gasteiger partial charge in [0.1, 0.15) is 11.4 Å². The Morgan fingerprint density at radius 1 is 1.06 bits per heavy atom. The molecule has 0 amide bonds. The Balaban J connectivity index is 1.84. The zero-order chi connectivity index (χ0) is 23.4. The summed E-state index contributed by atoms with van der Waals surface area (Å²) in [5.74, 6) is -2.23. The predicted octanol–water partition coefficient (Wildman–Crippen LogP) is 1.87. The molecule has 0 unspecified atom stereocenters. The molecule has 0 N–H and O–H groups in total. The highest BCUT2D eigenvalue weighted by Crippen LogP contribution is 2.35. The van der Waals surface area contributed by atoms with Crippen LogP contribution in [0.5, 0.6) is 5.75 Å². The first-order valence-electron chi connectivity index (χ1n) is 9.58. The molecule has 1 aliphatic rings. The molecule has 32 heavy (non-hydrogen) atoms. The number of hydrogen-bond donors (Lipinski definition) is 0. The molecule has 1 aliphatic heterocycles. The van der Waals surface area contributed by atoms with E-state index in [-0.39, 0.29) is 17.2 Å². The third-order valence-electron chi connectivity index (χ3n) is 4.35. The van der Waals surface area contributed by atoms with Crippen LogP contribution in [0.25, 0.3) is 11.3 Å². The fraction of sp³-hybridized carbons (Fsp3) is 0.450. The Morgan fingerprint density at radius 2 is 1.72 bits per heavy atom. The van der Waals surface area contributed by atoms with Gasteiger partial charge in [-0.25, -0.2) is 9.37 Å². The number of ether oxygens (including phenoxy) is 4. The molecule has 1 fully saturated rings. The molecule has 4 atom stereocenters. The van der Waals surface area contributed by atoms with E-state index >= 15 is 0 Å². The van der Waals surface area contributed by atoms with Gasteiger partial charge in [0.15, 0.2) is 29.6 Å². The van der Waals surface area contributed by atoms with E-state index in [0.717, 1.165) is 6.07 Å². The van der Waals surface area contributed by atoms with Gasteiger partial charge < -0.3 is 18.9 Å². The van der Waals surface area contributed by atoms with E-state index in [0.29, 0.717) is 5.56 Å². The van der Waals surface area contributed by atoms with E-state index in [1.54, 1.807) is 13.2 Å². The second-order valence-corrected chi connectivity index (χ2v) is 8.15. The van der Waals surface area contributed by atoms with Gasteiger partial charge >= 0.3 is 17.9 Å². The molecule has 2 aromatic heterocycles. The molecule has 0 saturated carbocycles. The van der Waals surface area contributed by atoms with E-state index in [9.17, 15) is 18.8 Å². The largest absolute Gasteiger partial charge is 0.474 e. The van der Waals surface area contributed by atoms with Crippen molar-refractivity contribution in [1.82, 2.24) is 14.8 Å². The number of aryl methyl sites for hydroxylation is 1. The highest BCUT2D eigenvalue weighted by molar-refractivity contribution is 7.99. The minimum Gasteiger partial charge on any atom is -0.474 e. The van der Waals surface area contributed by atoms with Gasteiger partial charge in [0.2, 0.25) is 0 Å². The Labute approximate surface area is 187 Å². The zero-order valence-corrected chi connectivity index (χ0v) is 18.6. The molecule has 1 saturated heterocycles. The van der Waals surface area contributed by atoms with Crippen molar-refractivity contribution >= 4 is 29.7 Å². The van der Waals surface area contributed by atoms with E-state index in [2.05, 4.69) is 10.1 Å². The van der Waals surface area contributed by atoms with Crippen molar-refractivity contribution in [1.29, 1.82) is 0 Å². The monoisotopic (exact) mass is 467 g/mol. The highest BCUT2D eigenvalue weighted by atomic mass is 32.2. The minimum absolute atomic E-state index is 0.0808. The van der Waals surface area contributed by atoms with Crippen LogP contribution < -0.4 is 4.74 Å². The smallest absolute Gasteiger partial charge is 0.303 e. The molecular formula is C20H22FN3O7S. The number of pyridine rings is 1. The molecule has 0 aromatic carbocycles. The van der Waals surface area contributed by atoms with Crippen LogP contribution in [0.1, 0.15) is 20.8 Å². The fourth-order valence-corrected chi connectivity index (χ4v) is 4.40. The molecular weight excluding hydrogens is 445 g/mol. The van der Waals surface area contributed by atoms with Crippen molar-refractivity contribution in [3.05, 3.63) is 30.5 Å². The summed E-state index contributed by atoms with van der Waals surface area (Å²) in [5.41, 5.74) is -0.271. The lowest BCUT2D eigenvalue weighted by molar-refractivity contribution is -0.186. The number of halogens is 1. The molecule has 0 spiro atoms. The van der Waals surface area contributed by atoms with Gasteiger partial charge in [0.25, 0.3) is 0 Å². The number of esters is 3. The van der Waals surface area contributed by atoms with E-state index in [1.807, 2.05) is 0 Å². The van der Waals surface area contributed by atoms with E-state index in [4.69, 9.17) is 18.9 Å². The van der Waals surface area contributed by atoms with Crippen molar-refractivity contribution in [3.8, 4) is 17.0 Å². The Hall–Kier alpha value is -3.15. The number of thioether (sulfide) groups is 1. The first-order valence-corrected chi connectivity index (χ1v) is 10.6. The number of aromatic nitrogens is 3. The SMILES string of the molecule is CC(=O)O[C@@H]1[C@@H](OC(C)=O)[C@@H](Oc2cnc(-c3cnn(C)c3)c(F)c2)SC[C@H]1OC(C)=O. The maximum Gasteiger partial charge on any atom is 0.303 e. The second kappa shape index (κ2) is 9.98. The molecule has 0 bridgehead atoms. The molecule has 0 radical (unpaired) electrons. The maximum atomic E-state index is 14.7. The summed E-state index contributed by atoms with van der Waals surface area (Å²) < 4.78 is 37.9. The summed E-state index contributed by atoms with van der Waals surface area (Å²) in [4.78, 5) is 38.9. The summed E-state index contributed by atoms with van der Waals surface area (Å²) in [5, 5.41) is 4.00. The quantitative estimate of drug-likeness (QED) is 0.460. The summed E-state index contributed by atoms with van der Waals surface area (Å²) >= 11 is 1.17. The minimum atomic E-state index is -1.11. The Morgan fingerprint density at radius 3 is 2.28 bits per heavy atom. The third kappa shape index (κ3) is 5.75. The molecule has 10 nitrogen and oxygen atoms in total. The van der Waals surface area contributed by atoms with Crippen LogP contribution in [-0.2, 0) is 35.6 Å². The van der Waals surface area contributed by atoms with Crippen LogP contribution in [0.2, 0.25) is 0 Å². The first-order chi connectivity index (χ1) is 15.1. The number of rotatable bonds is 6. The van der Waals surface area contributed by atoms with Crippen molar-refractivity contribution in [2.45, 2.75) is 44.5 Å². The van der Waals surface area contributed by atoms with Crippen LogP contribution in [0.3, 0.4) is 0 Å². The number of hydrogen-bond acceptors (Lipinski definition) is 10. The van der Waals surface area contributed by atoms with Gasteiger partial charge in [-0.1, -0.05) is 0 Å². The van der Waals surface area contributed by atoms with Gasteiger partial charge in [0.05, 0.1) is 12.4 Å². The highest BCUT2D eigenvalue weighted by Gasteiger charge is 2.47. The van der Waals surface area contributed by atoms with Crippen LogP contribution >= 0.6 is 11.8 Å². The molecule has 0 aliphatic carbocycles. The summed E-state index contributed by atoms with van der Waals surface area (Å²) in [6.45, 7) is 3.59. The zero-order valence-electron chi connectivity index (χ0n) is 17.8. The van der Waals surface area contributed by atoms with E-state index in [1.165, 1.54) is 49.6 Å². The van der Waals surface area contributed by atoms with Gasteiger partial charge in [-0.15, -0.1) is 11.8 Å². The van der Waals surface area contributed by atoms with Crippen LogP contribution in [0.4, 0.5) is 4.39 Å². The third-order valence-corrected chi connectivity index (χ3v) is 5.57. The van der Waals surface area contributed by atoms with E-state index < -0.39 is 47.5 Å². The van der Waals surface area contributed by atoms with Gasteiger partial charge in [-0.3, -0.25) is 19.1 Å². The Kier molecular flexibility index (Phi) is 7.33. The molecule has 172 valence electrons. The van der Waals surface area contributed by atoms with Crippen molar-refractivity contribution < 1.29 is 37.7 Å². The lowest BCUT2D eigenvalue weighted by Crippen LogP contribution is -2.55. The molecule has 2 aromatic rings. The van der Waals surface area contributed by atoms with Gasteiger partial charge in [0, 0.05) is 51.4 Å². The standard InChI is InChI=1S/C20H22FN3O7S/c1-10(25)28-16-9-32-20(19(30-12(3)27)18(16)29-11(2)26)31-14-5-15(21)17(22-7-14)13-6-23-24(4)8-13/h5-8,16,18-20H,9H2,1-4H3/t16-,18+,19-,20+/m1/s1. The van der Waals surface area contributed by atoms with Crippen molar-refractivity contribution in [2.75, 3.05) is 5.75 Å². The van der Waals surface area contributed by atoms with Gasteiger partial charge in [-0.2, -0.15) is 5.10 Å². The van der Waals surface area contributed by atoms with Gasteiger partial charge in [-0.05, 0) is 0 Å². The average molecular weight is 467 g/mol. The molecule has 12 heteroatoms. The number of nitrogens with zero attached hydrogens (tertiary/aromatic N) is 3. The van der Waals surface area contributed by atoms with Crippen molar-refractivity contribution in [2.24, 2.45) is 7.05 Å². The fourth-order valence-electron chi connectivity index (χ4n) is 3.18. The van der Waals surface area contributed by atoms with Crippen molar-refractivity contribution in [3.63, 3.8) is 0 Å². The molecule has 3 heterocycles. The number of carbonyl (C=O) groups excluding carboxylic acids is 3. The second-order valence-electron chi connectivity index (χ2n) is 7.02. The lowest BCUT2D eigenvalue weighted by Gasteiger charge is -2.39. The maximum absolute atomic E-state index is 14.7. The predicted molar refractivity (Wildman–Crippen MR) is 110 cm³/mol. The topological polar surface area (TPSA) is 119 Å². The van der Waals surface area contributed by atoms with Crippen LogP contribution in [-0.4, -0.2) is 62.2 Å². The first kappa shape index (κ1) is 23.5. The van der Waals surface area contributed by atoms with Crippen LogP contribution in [0.15, 0.2) is 24.7 Å². The summed E-state index contributed by atoms with van der Waals surface area (Å²) in [6, 6.07) is 1.15. The summed E-state index contributed by atoms with van der Waals surface area (Å²) in [6.07, 6.45) is 1.38. The normalized spacial score (nSPS) is 22.7.